The average Bonchev–Trinajstić information content (AvgIpc) is 2.87. The van der Waals surface area contributed by atoms with E-state index in [-0.39, 0.29) is 5.60 Å². The van der Waals surface area contributed by atoms with Gasteiger partial charge in [-0.05, 0) is 30.1 Å². The third kappa shape index (κ3) is 0.467. The molecule has 3 heteroatoms. The van der Waals surface area contributed by atoms with Gasteiger partial charge in [0.15, 0.2) is 5.79 Å². The zero-order valence-corrected chi connectivity index (χ0v) is 9.80. The third-order valence-electron chi connectivity index (χ3n) is 7.46. The number of rotatable bonds is 2. The summed E-state index contributed by atoms with van der Waals surface area (Å²) in [7, 11) is 1.69. The number of hydrogen-bond donors (Lipinski definition) is 1. The Morgan fingerprint density at radius 2 is 1.94 bits per heavy atom. The van der Waals surface area contributed by atoms with Crippen molar-refractivity contribution in [1.82, 2.24) is 0 Å². The first-order valence-corrected chi connectivity index (χ1v) is 6.82. The summed E-state index contributed by atoms with van der Waals surface area (Å²) in [6.45, 7) is 4.10. The van der Waals surface area contributed by atoms with Crippen molar-refractivity contribution >= 4 is 0 Å². The number of ether oxygens (including phenoxy) is 2. The molecule has 2 saturated heterocycles. The molecule has 2 aliphatic heterocycles. The van der Waals surface area contributed by atoms with Crippen LogP contribution in [-0.2, 0) is 9.47 Å². The molecule has 7 rings (SSSR count). The Bertz CT molecular complexity index is 502. The van der Waals surface area contributed by atoms with E-state index in [4.69, 9.17) is 9.47 Å². The minimum Gasteiger partial charge on any atom is -0.499 e. The van der Waals surface area contributed by atoms with E-state index >= 15 is 0 Å². The average molecular weight is 232 g/mol. The molecule has 0 radical (unpaired) electrons. The van der Waals surface area contributed by atoms with Crippen molar-refractivity contribution in [2.24, 2.45) is 47.3 Å². The van der Waals surface area contributed by atoms with E-state index in [1.807, 2.05) is 0 Å². The van der Waals surface area contributed by atoms with Crippen LogP contribution in [0.4, 0.5) is 0 Å². The largest absolute Gasteiger partial charge is 0.499 e. The molecular formula is C14H16O3. The van der Waals surface area contributed by atoms with Crippen LogP contribution in [0, 0.1) is 47.3 Å². The van der Waals surface area contributed by atoms with Gasteiger partial charge in [-0.3, -0.25) is 0 Å². The standard InChI is InChI=1S/C14H16O3/c1-4(16-2)13-9-5-3-6-8-7(5)11(13)12(8)14(15,17-13)10(6)9/h5-12,15H,1,3H2,2H3. The summed E-state index contributed by atoms with van der Waals surface area (Å²) in [5.41, 5.74) is -0.310. The van der Waals surface area contributed by atoms with Gasteiger partial charge < -0.3 is 14.6 Å². The molecule has 4 bridgehead atoms. The summed E-state index contributed by atoms with van der Waals surface area (Å²) >= 11 is 0. The van der Waals surface area contributed by atoms with Crippen LogP contribution in [0.5, 0.6) is 0 Å². The lowest BCUT2D eigenvalue weighted by Crippen LogP contribution is -2.52. The van der Waals surface area contributed by atoms with Gasteiger partial charge in [0, 0.05) is 23.7 Å². The molecule has 0 aromatic carbocycles. The summed E-state index contributed by atoms with van der Waals surface area (Å²) in [5.74, 6) is 4.91. The smallest absolute Gasteiger partial charge is 0.173 e. The number of aliphatic hydroxyl groups is 1. The van der Waals surface area contributed by atoms with E-state index in [2.05, 4.69) is 6.58 Å². The predicted molar refractivity (Wildman–Crippen MR) is 57.5 cm³/mol. The molecular weight excluding hydrogens is 216 g/mol. The number of methoxy groups -OCH3 is 1. The molecule has 7 fully saturated rings. The monoisotopic (exact) mass is 232 g/mol. The molecule has 3 nitrogen and oxygen atoms in total. The zero-order valence-electron chi connectivity index (χ0n) is 9.80. The fourth-order valence-corrected chi connectivity index (χ4v) is 7.66. The fraction of sp³-hybridized carbons (Fsp3) is 0.857. The summed E-state index contributed by atoms with van der Waals surface area (Å²) in [5, 5.41) is 10.9. The molecule has 0 amide bonds. The molecule has 17 heavy (non-hydrogen) atoms. The maximum Gasteiger partial charge on any atom is 0.173 e. The van der Waals surface area contributed by atoms with Crippen molar-refractivity contribution in [2.75, 3.05) is 7.11 Å². The molecule has 5 aliphatic carbocycles. The molecule has 10 atom stereocenters. The van der Waals surface area contributed by atoms with Gasteiger partial charge in [-0.1, -0.05) is 6.58 Å². The van der Waals surface area contributed by atoms with E-state index in [1.165, 1.54) is 6.42 Å². The normalized spacial score (nSPS) is 78.2. The van der Waals surface area contributed by atoms with Gasteiger partial charge in [0.05, 0.1) is 7.11 Å². The second kappa shape index (κ2) is 1.88. The van der Waals surface area contributed by atoms with Gasteiger partial charge in [-0.2, -0.15) is 0 Å². The highest BCUT2D eigenvalue weighted by Crippen LogP contribution is 2.93. The van der Waals surface area contributed by atoms with Crippen LogP contribution in [0.25, 0.3) is 0 Å². The second-order valence-corrected chi connectivity index (χ2v) is 7.10. The molecule has 0 aromatic rings. The summed E-state index contributed by atoms with van der Waals surface area (Å²) in [4.78, 5) is 0. The third-order valence-corrected chi connectivity index (χ3v) is 7.46. The Morgan fingerprint density at radius 1 is 1.24 bits per heavy atom. The van der Waals surface area contributed by atoms with E-state index in [9.17, 15) is 5.11 Å². The van der Waals surface area contributed by atoms with Crippen LogP contribution < -0.4 is 0 Å². The van der Waals surface area contributed by atoms with Gasteiger partial charge >= 0.3 is 0 Å². The van der Waals surface area contributed by atoms with Gasteiger partial charge in [0.2, 0.25) is 0 Å². The molecule has 10 unspecified atom stereocenters. The van der Waals surface area contributed by atoms with Crippen LogP contribution in [0.3, 0.4) is 0 Å². The topological polar surface area (TPSA) is 38.7 Å². The first kappa shape index (κ1) is 8.54. The lowest BCUT2D eigenvalue weighted by molar-refractivity contribution is -0.209. The van der Waals surface area contributed by atoms with Crippen molar-refractivity contribution in [3.8, 4) is 0 Å². The van der Waals surface area contributed by atoms with Crippen LogP contribution in [0.1, 0.15) is 6.42 Å². The first-order chi connectivity index (χ1) is 8.16. The van der Waals surface area contributed by atoms with E-state index < -0.39 is 5.79 Å². The predicted octanol–water partition coefficient (Wildman–Crippen LogP) is 0.992. The van der Waals surface area contributed by atoms with Gasteiger partial charge in [-0.15, -0.1) is 0 Å². The molecule has 0 aromatic heterocycles. The minimum atomic E-state index is -0.812. The maximum absolute atomic E-state index is 10.9. The van der Waals surface area contributed by atoms with E-state index in [1.54, 1.807) is 7.11 Å². The molecule has 90 valence electrons. The van der Waals surface area contributed by atoms with Crippen molar-refractivity contribution in [2.45, 2.75) is 17.8 Å². The quantitative estimate of drug-likeness (QED) is 0.722. The Hall–Kier alpha value is -0.540. The lowest BCUT2D eigenvalue weighted by Gasteiger charge is -2.46. The van der Waals surface area contributed by atoms with Crippen LogP contribution in [-0.4, -0.2) is 23.6 Å². The summed E-state index contributed by atoms with van der Waals surface area (Å²) in [6.07, 6.45) is 1.34. The van der Waals surface area contributed by atoms with E-state index in [0.29, 0.717) is 23.7 Å². The zero-order chi connectivity index (χ0) is 11.3. The summed E-state index contributed by atoms with van der Waals surface area (Å²) < 4.78 is 11.7. The van der Waals surface area contributed by atoms with Crippen molar-refractivity contribution in [3.05, 3.63) is 12.3 Å². The molecule has 2 heterocycles. The van der Waals surface area contributed by atoms with Crippen molar-refractivity contribution < 1.29 is 14.6 Å². The van der Waals surface area contributed by atoms with Gasteiger partial charge in [0.25, 0.3) is 0 Å². The maximum atomic E-state index is 10.9. The van der Waals surface area contributed by atoms with Crippen LogP contribution >= 0.6 is 0 Å². The Morgan fingerprint density at radius 3 is 2.71 bits per heavy atom. The Balaban J connectivity index is 1.69. The van der Waals surface area contributed by atoms with Crippen molar-refractivity contribution in [1.29, 1.82) is 0 Å². The van der Waals surface area contributed by atoms with Crippen LogP contribution in [0.15, 0.2) is 12.3 Å². The van der Waals surface area contributed by atoms with Crippen molar-refractivity contribution in [3.63, 3.8) is 0 Å². The number of hydrogen-bond acceptors (Lipinski definition) is 3. The highest BCUT2D eigenvalue weighted by Gasteiger charge is 2.98. The Kier molecular flexibility index (Phi) is 0.945. The highest BCUT2D eigenvalue weighted by atomic mass is 16.7. The lowest BCUT2D eigenvalue weighted by atomic mass is 9.56. The van der Waals surface area contributed by atoms with E-state index in [0.717, 1.165) is 29.4 Å². The van der Waals surface area contributed by atoms with Gasteiger partial charge in [0.1, 0.15) is 11.4 Å². The Labute approximate surface area is 99.8 Å². The summed E-state index contributed by atoms with van der Waals surface area (Å²) in [6, 6.07) is 0. The SMILES string of the molecule is C=C(OC)C12OC3(O)C4C5CC(C6C5C3C61)C42. The fourth-order valence-electron chi connectivity index (χ4n) is 7.66. The van der Waals surface area contributed by atoms with Crippen LogP contribution in [0.2, 0.25) is 0 Å². The molecule has 0 spiro atoms. The van der Waals surface area contributed by atoms with Gasteiger partial charge in [-0.25, -0.2) is 0 Å². The minimum absolute atomic E-state index is 0.310. The second-order valence-electron chi connectivity index (χ2n) is 7.10. The molecule has 1 N–H and O–H groups in total. The highest BCUT2D eigenvalue weighted by molar-refractivity contribution is 5.45. The first-order valence-electron chi connectivity index (χ1n) is 6.82. The molecule has 7 aliphatic rings. The molecule has 5 saturated carbocycles.